The van der Waals surface area contributed by atoms with Gasteiger partial charge in [-0.1, -0.05) is 19.9 Å². The summed E-state index contributed by atoms with van der Waals surface area (Å²) in [5.41, 5.74) is 4.20. The number of hydrogen-bond donors (Lipinski definition) is 1. The quantitative estimate of drug-likeness (QED) is 0.621. The lowest BCUT2D eigenvalue weighted by Crippen LogP contribution is -2.20. The molecule has 16 heavy (non-hydrogen) atoms. The van der Waals surface area contributed by atoms with E-state index in [4.69, 9.17) is 0 Å². The molecule has 0 unspecified atom stereocenters. The van der Waals surface area contributed by atoms with Crippen LogP contribution in [-0.4, -0.2) is 16.6 Å². The molecule has 0 saturated heterocycles. The van der Waals surface area contributed by atoms with Crippen LogP contribution in [0.3, 0.4) is 0 Å². The first-order valence-corrected chi connectivity index (χ1v) is 5.33. The molecule has 4 nitrogen and oxygen atoms in total. The fraction of sp³-hybridized carbons (Fsp3) is 0.417. The predicted octanol–water partition coefficient (Wildman–Crippen LogP) is 1.97. The molecule has 0 fully saturated rings. The standard InChI is InChI=1S/C12H17N3O/c1-9(2)7-12(16)15-14-10(3)11-5-4-6-13-8-11/h4-6,8-9H,7H2,1-3H3,(H,15,16)/b14-10-. The Balaban J connectivity index is 2.55. The number of amides is 1. The van der Waals surface area contributed by atoms with Gasteiger partial charge in [0.15, 0.2) is 0 Å². The van der Waals surface area contributed by atoms with Gasteiger partial charge in [-0.25, -0.2) is 5.43 Å². The smallest absolute Gasteiger partial charge is 0.240 e. The third-order valence-corrected chi connectivity index (χ3v) is 2.02. The molecule has 0 spiro atoms. The first-order valence-electron chi connectivity index (χ1n) is 5.33. The zero-order valence-electron chi connectivity index (χ0n) is 9.90. The summed E-state index contributed by atoms with van der Waals surface area (Å²) in [6.45, 7) is 5.83. The second-order valence-electron chi connectivity index (χ2n) is 4.07. The van der Waals surface area contributed by atoms with Gasteiger partial charge in [0.1, 0.15) is 0 Å². The van der Waals surface area contributed by atoms with Gasteiger partial charge in [0.25, 0.3) is 0 Å². The number of hydrazone groups is 1. The minimum absolute atomic E-state index is 0.0572. The van der Waals surface area contributed by atoms with Gasteiger partial charge in [-0.3, -0.25) is 9.78 Å². The van der Waals surface area contributed by atoms with Crippen LogP contribution in [0.15, 0.2) is 29.6 Å². The molecule has 1 heterocycles. The molecule has 0 aliphatic carbocycles. The molecule has 0 aliphatic rings. The largest absolute Gasteiger partial charge is 0.273 e. The summed E-state index contributed by atoms with van der Waals surface area (Å²) >= 11 is 0. The lowest BCUT2D eigenvalue weighted by Gasteiger charge is -2.04. The van der Waals surface area contributed by atoms with Crippen LogP contribution in [0.4, 0.5) is 0 Å². The van der Waals surface area contributed by atoms with E-state index in [1.165, 1.54) is 0 Å². The van der Waals surface area contributed by atoms with Crippen molar-refractivity contribution in [2.24, 2.45) is 11.0 Å². The normalized spacial score (nSPS) is 11.6. The highest BCUT2D eigenvalue weighted by atomic mass is 16.2. The van der Waals surface area contributed by atoms with E-state index in [9.17, 15) is 4.79 Å². The second-order valence-corrected chi connectivity index (χ2v) is 4.07. The lowest BCUT2D eigenvalue weighted by molar-refractivity contribution is -0.121. The van der Waals surface area contributed by atoms with Gasteiger partial charge < -0.3 is 0 Å². The van der Waals surface area contributed by atoms with Crippen LogP contribution in [0.2, 0.25) is 0 Å². The van der Waals surface area contributed by atoms with Crippen molar-refractivity contribution in [3.05, 3.63) is 30.1 Å². The summed E-state index contributed by atoms with van der Waals surface area (Å²) in [6.07, 6.45) is 3.91. The molecule has 1 rings (SSSR count). The monoisotopic (exact) mass is 219 g/mol. The Kier molecular flexibility index (Phi) is 4.64. The van der Waals surface area contributed by atoms with Crippen LogP contribution >= 0.6 is 0 Å². The van der Waals surface area contributed by atoms with E-state index in [1.807, 2.05) is 32.9 Å². The second kappa shape index (κ2) is 6.00. The van der Waals surface area contributed by atoms with Crippen molar-refractivity contribution in [2.75, 3.05) is 0 Å². The number of rotatable bonds is 4. The number of nitrogens with one attached hydrogen (secondary N) is 1. The molecule has 0 aliphatic heterocycles. The zero-order chi connectivity index (χ0) is 12.0. The number of carbonyl (C=O) groups is 1. The Morgan fingerprint density at radius 3 is 2.88 bits per heavy atom. The van der Waals surface area contributed by atoms with Crippen molar-refractivity contribution in [1.82, 2.24) is 10.4 Å². The van der Waals surface area contributed by atoms with E-state index in [-0.39, 0.29) is 5.91 Å². The van der Waals surface area contributed by atoms with Crippen molar-refractivity contribution >= 4 is 11.6 Å². The van der Waals surface area contributed by atoms with Gasteiger partial charge in [-0.05, 0) is 18.9 Å². The van der Waals surface area contributed by atoms with E-state index >= 15 is 0 Å². The molecule has 1 N–H and O–H groups in total. The van der Waals surface area contributed by atoms with E-state index in [1.54, 1.807) is 12.4 Å². The Morgan fingerprint density at radius 1 is 1.56 bits per heavy atom. The summed E-state index contributed by atoms with van der Waals surface area (Å²) in [4.78, 5) is 15.3. The van der Waals surface area contributed by atoms with Crippen molar-refractivity contribution in [3.63, 3.8) is 0 Å². The third-order valence-electron chi connectivity index (χ3n) is 2.02. The molecule has 1 aromatic rings. The van der Waals surface area contributed by atoms with Gasteiger partial charge in [0.05, 0.1) is 5.71 Å². The summed E-state index contributed by atoms with van der Waals surface area (Å²) in [6, 6.07) is 3.74. The van der Waals surface area contributed by atoms with E-state index in [0.29, 0.717) is 12.3 Å². The number of pyridine rings is 1. The van der Waals surface area contributed by atoms with Crippen LogP contribution in [0.25, 0.3) is 0 Å². The van der Waals surface area contributed by atoms with Crippen LogP contribution < -0.4 is 5.43 Å². The maximum absolute atomic E-state index is 11.4. The summed E-state index contributed by atoms with van der Waals surface area (Å²) in [5, 5.41) is 4.02. The molecule has 0 bridgehead atoms. The Labute approximate surface area is 95.8 Å². The van der Waals surface area contributed by atoms with Gasteiger partial charge in [-0.15, -0.1) is 0 Å². The van der Waals surface area contributed by atoms with Gasteiger partial charge in [0, 0.05) is 24.4 Å². The minimum atomic E-state index is -0.0572. The first-order chi connectivity index (χ1) is 7.59. The molecule has 86 valence electrons. The lowest BCUT2D eigenvalue weighted by atomic mass is 10.1. The first kappa shape index (κ1) is 12.4. The highest BCUT2D eigenvalue weighted by Crippen LogP contribution is 2.00. The van der Waals surface area contributed by atoms with Gasteiger partial charge in [0.2, 0.25) is 5.91 Å². The van der Waals surface area contributed by atoms with Crippen LogP contribution in [0.1, 0.15) is 32.8 Å². The topological polar surface area (TPSA) is 54.4 Å². The highest BCUT2D eigenvalue weighted by Gasteiger charge is 2.03. The zero-order valence-corrected chi connectivity index (χ0v) is 9.90. The molecule has 0 atom stereocenters. The molecule has 1 aromatic heterocycles. The van der Waals surface area contributed by atoms with E-state index < -0.39 is 0 Å². The molecular weight excluding hydrogens is 202 g/mol. The van der Waals surface area contributed by atoms with Crippen LogP contribution in [0, 0.1) is 5.92 Å². The fourth-order valence-corrected chi connectivity index (χ4v) is 1.20. The average Bonchev–Trinajstić information content (AvgIpc) is 2.26. The highest BCUT2D eigenvalue weighted by molar-refractivity contribution is 5.98. The molecule has 0 aromatic carbocycles. The van der Waals surface area contributed by atoms with Crippen LogP contribution in [0.5, 0.6) is 0 Å². The maximum Gasteiger partial charge on any atom is 0.240 e. The Bertz CT molecular complexity index is 371. The number of aromatic nitrogens is 1. The Hall–Kier alpha value is -1.71. The minimum Gasteiger partial charge on any atom is -0.273 e. The Morgan fingerprint density at radius 2 is 2.31 bits per heavy atom. The molecule has 0 radical (unpaired) electrons. The molecule has 4 heteroatoms. The predicted molar refractivity (Wildman–Crippen MR) is 64.0 cm³/mol. The number of hydrogen-bond acceptors (Lipinski definition) is 3. The number of carbonyl (C=O) groups excluding carboxylic acids is 1. The van der Waals surface area contributed by atoms with Gasteiger partial charge >= 0.3 is 0 Å². The summed E-state index contributed by atoms with van der Waals surface area (Å²) in [5.74, 6) is 0.284. The number of nitrogens with zero attached hydrogens (tertiary/aromatic N) is 2. The van der Waals surface area contributed by atoms with E-state index in [0.717, 1.165) is 11.3 Å². The fourth-order valence-electron chi connectivity index (χ4n) is 1.20. The van der Waals surface area contributed by atoms with Crippen molar-refractivity contribution in [1.29, 1.82) is 0 Å². The summed E-state index contributed by atoms with van der Waals surface area (Å²) < 4.78 is 0. The average molecular weight is 219 g/mol. The van der Waals surface area contributed by atoms with Gasteiger partial charge in [-0.2, -0.15) is 5.10 Å². The molecule has 1 amide bonds. The third kappa shape index (κ3) is 4.21. The van der Waals surface area contributed by atoms with Crippen LogP contribution in [-0.2, 0) is 4.79 Å². The van der Waals surface area contributed by atoms with E-state index in [2.05, 4.69) is 15.5 Å². The summed E-state index contributed by atoms with van der Waals surface area (Å²) in [7, 11) is 0. The SMILES string of the molecule is C/C(=N/NC(=O)CC(C)C)c1cccnc1. The molecule has 0 saturated carbocycles. The maximum atomic E-state index is 11.4. The van der Waals surface area contributed by atoms with Crippen molar-refractivity contribution in [3.8, 4) is 0 Å². The van der Waals surface area contributed by atoms with Crippen molar-refractivity contribution < 1.29 is 4.79 Å². The molecular formula is C12H17N3O. The van der Waals surface area contributed by atoms with Crippen molar-refractivity contribution in [2.45, 2.75) is 27.2 Å².